The van der Waals surface area contributed by atoms with E-state index in [1.807, 2.05) is 49.4 Å². The summed E-state index contributed by atoms with van der Waals surface area (Å²) in [5.74, 6) is 1.00. The number of anilines is 1. The third kappa shape index (κ3) is 4.97. The van der Waals surface area contributed by atoms with Crippen LogP contribution in [0.3, 0.4) is 0 Å². The predicted octanol–water partition coefficient (Wildman–Crippen LogP) is 4.47. The van der Waals surface area contributed by atoms with Crippen molar-refractivity contribution in [1.82, 2.24) is 5.43 Å². The van der Waals surface area contributed by atoms with Crippen LogP contribution >= 0.6 is 11.6 Å². The molecule has 0 spiro atoms. The molecule has 0 saturated carbocycles. The van der Waals surface area contributed by atoms with Gasteiger partial charge >= 0.3 is 0 Å². The molecule has 1 amide bonds. The van der Waals surface area contributed by atoms with Crippen LogP contribution in [-0.2, 0) is 4.79 Å². The molecule has 0 fully saturated rings. The Balaban J connectivity index is 1.49. The van der Waals surface area contributed by atoms with Crippen LogP contribution in [0.1, 0.15) is 11.3 Å². The van der Waals surface area contributed by atoms with Crippen molar-refractivity contribution in [2.45, 2.75) is 6.92 Å². The molecule has 3 aromatic rings. The van der Waals surface area contributed by atoms with Crippen molar-refractivity contribution in [2.75, 3.05) is 11.9 Å². The van der Waals surface area contributed by atoms with Crippen LogP contribution in [0.5, 0.6) is 0 Å². The number of hydrazone groups is 1. The van der Waals surface area contributed by atoms with Gasteiger partial charge in [0.05, 0.1) is 12.8 Å². The van der Waals surface area contributed by atoms with E-state index >= 15 is 0 Å². The highest BCUT2D eigenvalue weighted by atomic mass is 35.5. The fourth-order valence-electron chi connectivity index (χ4n) is 2.25. The number of hydrogen-bond acceptors (Lipinski definition) is 4. The molecular formula is C20H18ClN3O2. The maximum atomic E-state index is 11.8. The quantitative estimate of drug-likeness (QED) is 0.499. The van der Waals surface area contributed by atoms with Crippen molar-refractivity contribution in [2.24, 2.45) is 5.10 Å². The SMILES string of the molecule is Cc1ccc(NCC(=O)N/N=C\c2ccc(-c3ccc(Cl)cc3)o2)cc1. The first kappa shape index (κ1) is 17.8. The van der Waals surface area contributed by atoms with Gasteiger partial charge in [-0.25, -0.2) is 5.43 Å². The summed E-state index contributed by atoms with van der Waals surface area (Å²) in [6, 6.07) is 18.8. The molecular weight excluding hydrogens is 350 g/mol. The second-order valence-corrected chi connectivity index (χ2v) is 6.16. The average molecular weight is 368 g/mol. The first-order valence-electron chi connectivity index (χ1n) is 8.08. The molecule has 2 aromatic carbocycles. The van der Waals surface area contributed by atoms with Crippen molar-refractivity contribution in [1.29, 1.82) is 0 Å². The lowest BCUT2D eigenvalue weighted by Crippen LogP contribution is -2.25. The van der Waals surface area contributed by atoms with Gasteiger partial charge in [0, 0.05) is 16.3 Å². The Morgan fingerprint density at radius 2 is 1.81 bits per heavy atom. The lowest BCUT2D eigenvalue weighted by molar-refractivity contribution is -0.119. The summed E-state index contributed by atoms with van der Waals surface area (Å²) in [5.41, 5.74) is 5.43. The van der Waals surface area contributed by atoms with E-state index in [1.165, 1.54) is 11.8 Å². The Hall–Kier alpha value is -3.05. The summed E-state index contributed by atoms with van der Waals surface area (Å²) in [4.78, 5) is 11.8. The van der Waals surface area contributed by atoms with Crippen LogP contribution in [0.4, 0.5) is 5.69 Å². The topological polar surface area (TPSA) is 66.6 Å². The first-order valence-corrected chi connectivity index (χ1v) is 8.46. The smallest absolute Gasteiger partial charge is 0.259 e. The second-order valence-electron chi connectivity index (χ2n) is 5.72. The number of aryl methyl sites for hydroxylation is 1. The van der Waals surface area contributed by atoms with E-state index in [0.717, 1.165) is 11.3 Å². The molecule has 0 aliphatic carbocycles. The van der Waals surface area contributed by atoms with E-state index in [1.54, 1.807) is 18.2 Å². The number of carbonyl (C=O) groups is 1. The molecule has 0 bridgehead atoms. The molecule has 3 rings (SSSR count). The van der Waals surface area contributed by atoms with E-state index in [0.29, 0.717) is 16.5 Å². The molecule has 1 heterocycles. The summed E-state index contributed by atoms with van der Waals surface area (Å²) >= 11 is 5.88. The third-order valence-corrected chi connectivity index (χ3v) is 3.89. The molecule has 0 aliphatic heterocycles. The zero-order chi connectivity index (χ0) is 18.4. The Kier molecular flexibility index (Phi) is 5.71. The number of amides is 1. The van der Waals surface area contributed by atoms with E-state index in [4.69, 9.17) is 16.0 Å². The van der Waals surface area contributed by atoms with Gasteiger partial charge in [-0.15, -0.1) is 0 Å². The third-order valence-electron chi connectivity index (χ3n) is 3.64. The van der Waals surface area contributed by atoms with Crippen molar-refractivity contribution < 1.29 is 9.21 Å². The molecule has 1 aromatic heterocycles. The highest BCUT2D eigenvalue weighted by Crippen LogP contribution is 2.23. The Morgan fingerprint density at radius 1 is 1.08 bits per heavy atom. The molecule has 0 atom stereocenters. The van der Waals surface area contributed by atoms with Crippen LogP contribution in [0, 0.1) is 6.92 Å². The lowest BCUT2D eigenvalue weighted by atomic mass is 10.2. The molecule has 132 valence electrons. The monoisotopic (exact) mass is 367 g/mol. The van der Waals surface area contributed by atoms with Gasteiger partial charge in [0.15, 0.2) is 0 Å². The van der Waals surface area contributed by atoms with Gasteiger partial charge < -0.3 is 9.73 Å². The minimum Gasteiger partial charge on any atom is -0.455 e. The molecule has 0 saturated heterocycles. The standard InChI is InChI=1S/C20H18ClN3O2/c1-14-2-8-17(9-3-14)22-13-20(25)24-23-12-18-10-11-19(26-18)15-4-6-16(21)7-5-15/h2-12,22H,13H2,1H3,(H,24,25)/b23-12-. The number of rotatable bonds is 6. The maximum absolute atomic E-state index is 11.8. The van der Waals surface area contributed by atoms with Crippen molar-refractivity contribution in [3.05, 3.63) is 77.0 Å². The molecule has 0 unspecified atom stereocenters. The Bertz CT molecular complexity index is 900. The van der Waals surface area contributed by atoms with Crippen LogP contribution in [-0.4, -0.2) is 18.7 Å². The number of halogens is 1. The van der Waals surface area contributed by atoms with Gasteiger partial charge in [-0.05, 0) is 55.5 Å². The maximum Gasteiger partial charge on any atom is 0.259 e. The summed E-state index contributed by atoms with van der Waals surface area (Å²) in [6.45, 7) is 2.15. The van der Waals surface area contributed by atoms with Crippen LogP contribution in [0.15, 0.2) is 70.2 Å². The van der Waals surface area contributed by atoms with E-state index < -0.39 is 0 Å². The van der Waals surface area contributed by atoms with Crippen LogP contribution in [0.25, 0.3) is 11.3 Å². The highest BCUT2D eigenvalue weighted by molar-refractivity contribution is 6.30. The number of nitrogens with one attached hydrogen (secondary N) is 2. The van der Waals surface area contributed by atoms with Crippen molar-refractivity contribution >= 4 is 29.4 Å². The fraction of sp³-hybridized carbons (Fsp3) is 0.100. The Labute approximate surface area is 156 Å². The minimum absolute atomic E-state index is 0.134. The molecule has 0 aliphatic rings. The van der Waals surface area contributed by atoms with E-state index in [9.17, 15) is 4.79 Å². The average Bonchev–Trinajstić information content (AvgIpc) is 3.11. The Morgan fingerprint density at radius 3 is 2.54 bits per heavy atom. The number of carbonyl (C=O) groups excluding carboxylic acids is 1. The number of hydrogen-bond donors (Lipinski definition) is 2. The zero-order valence-corrected chi connectivity index (χ0v) is 15.0. The molecule has 6 heteroatoms. The summed E-state index contributed by atoms with van der Waals surface area (Å²) < 4.78 is 5.67. The van der Waals surface area contributed by atoms with Gasteiger partial charge in [0.25, 0.3) is 5.91 Å². The van der Waals surface area contributed by atoms with E-state index in [-0.39, 0.29) is 12.5 Å². The summed E-state index contributed by atoms with van der Waals surface area (Å²) in [5, 5.41) is 7.61. The van der Waals surface area contributed by atoms with Gasteiger partial charge in [-0.2, -0.15) is 5.10 Å². The largest absolute Gasteiger partial charge is 0.455 e. The lowest BCUT2D eigenvalue weighted by Gasteiger charge is -2.05. The fourth-order valence-corrected chi connectivity index (χ4v) is 2.38. The van der Waals surface area contributed by atoms with Gasteiger partial charge in [0.1, 0.15) is 11.5 Å². The van der Waals surface area contributed by atoms with Crippen molar-refractivity contribution in [3.63, 3.8) is 0 Å². The minimum atomic E-state index is -0.244. The normalized spacial score (nSPS) is 10.8. The second kappa shape index (κ2) is 8.36. The first-order chi connectivity index (χ1) is 12.6. The number of benzene rings is 2. The number of nitrogens with zero attached hydrogens (tertiary/aromatic N) is 1. The van der Waals surface area contributed by atoms with Gasteiger partial charge in [-0.3, -0.25) is 4.79 Å². The van der Waals surface area contributed by atoms with Gasteiger partial charge in [-0.1, -0.05) is 29.3 Å². The molecule has 2 N–H and O–H groups in total. The number of furan rings is 1. The molecule has 5 nitrogen and oxygen atoms in total. The van der Waals surface area contributed by atoms with Crippen LogP contribution in [0.2, 0.25) is 5.02 Å². The highest BCUT2D eigenvalue weighted by Gasteiger charge is 2.04. The molecule has 0 radical (unpaired) electrons. The summed E-state index contributed by atoms with van der Waals surface area (Å²) in [7, 11) is 0. The molecule has 26 heavy (non-hydrogen) atoms. The van der Waals surface area contributed by atoms with E-state index in [2.05, 4.69) is 15.8 Å². The summed E-state index contributed by atoms with van der Waals surface area (Å²) in [6.07, 6.45) is 1.46. The van der Waals surface area contributed by atoms with Crippen molar-refractivity contribution in [3.8, 4) is 11.3 Å². The van der Waals surface area contributed by atoms with Gasteiger partial charge in [0.2, 0.25) is 0 Å². The zero-order valence-electron chi connectivity index (χ0n) is 14.2. The predicted molar refractivity (Wildman–Crippen MR) is 105 cm³/mol. The van der Waals surface area contributed by atoms with Crippen LogP contribution < -0.4 is 10.7 Å².